The minimum Gasteiger partial charge on any atom is -0.381 e. The first-order valence-electron chi connectivity index (χ1n) is 9.81. The van der Waals surface area contributed by atoms with Crippen LogP contribution in [0.15, 0.2) is 4.99 Å². The van der Waals surface area contributed by atoms with E-state index in [0.717, 1.165) is 51.9 Å². The average Bonchev–Trinajstić information content (AvgIpc) is 3.19. The maximum absolute atomic E-state index is 5.65. The summed E-state index contributed by atoms with van der Waals surface area (Å²) in [6.45, 7) is 16.4. The first-order chi connectivity index (χ1) is 11.5. The Balaban J connectivity index is 0.00000312. The number of hydrogen-bond acceptors (Lipinski definition) is 3. The van der Waals surface area contributed by atoms with Crippen LogP contribution in [0.1, 0.15) is 47.0 Å². The molecule has 0 aromatic rings. The second-order valence-electron chi connectivity index (χ2n) is 7.91. The number of ether oxygens (including phenoxy) is 1. The lowest BCUT2D eigenvalue weighted by Crippen LogP contribution is -2.48. The number of rotatable bonds is 7. The molecular formula is C19H39IN4O. The Kier molecular flexibility index (Phi) is 10.0. The molecule has 2 rings (SSSR count). The first-order valence-corrected chi connectivity index (χ1v) is 9.81. The average molecular weight is 466 g/mol. The highest BCUT2D eigenvalue weighted by molar-refractivity contribution is 14.0. The maximum atomic E-state index is 5.65. The van der Waals surface area contributed by atoms with E-state index in [1.165, 1.54) is 19.3 Å². The van der Waals surface area contributed by atoms with Crippen molar-refractivity contribution in [3.63, 3.8) is 0 Å². The van der Waals surface area contributed by atoms with E-state index in [9.17, 15) is 0 Å². The summed E-state index contributed by atoms with van der Waals surface area (Å²) in [5, 5.41) is 3.67. The number of likely N-dealkylation sites (N-methyl/N-ethyl adjacent to an activating group) is 1. The van der Waals surface area contributed by atoms with E-state index in [1.807, 2.05) is 7.05 Å². The molecule has 0 amide bonds. The number of halogens is 1. The molecule has 148 valence electrons. The fraction of sp³-hybridized carbons (Fsp3) is 0.947. The van der Waals surface area contributed by atoms with E-state index in [4.69, 9.17) is 4.74 Å². The molecule has 25 heavy (non-hydrogen) atoms. The summed E-state index contributed by atoms with van der Waals surface area (Å²) < 4.78 is 5.65. The topological polar surface area (TPSA) is 40.1 Å². The number of nitrogens with zero attached hydrogens (tertiary/aromatic N) is 3. The highest BCUT2D eigenvalue weighted by Crippen LogP contribution is 2.38. The molecular weight excluding hydrogens is 427 g/mol. The zero-order valence-corrected chi connectivity index (χ0v) is 19.2. The summed E-state index contributed by atoms with van der Waals surface area (Å²) in [5.74, 6) is 1.78. The molecule has 0 aromatic heterocycles. The van der Waals surface area contributed by atoms with Crippen LogP contribution in [0.4, 0.5) is 0 Å². The van der Waals surface area contributed by atoms with Crippen LogP contribution in [-0.4, -0.2) is 74.8 Å². The van der Waals surface area contributed by atoms with Crippen LogP contribution in [0, 0.1) is 11.3 Å². The molecule has 0 bridgehead atoms. The molecule has 5 nitrogen and oxygen atoms in total. The van der Waals surface area contributed by atoms with E-state index >= 15 is 0 Å². The molecule has 6 heteroatoms. The van der Waals surface area contributed by atoms with Crippen molar-refractivity contribution in [2.24, 2.45) is 16.3 Å². The SMILES string of the molecule is CCN(CC)C(CNC(=NC)N1CCC2(CCOC2)C1)CC(C)C.I. The van der Waals surface area contributed by atoms with Crippen molar-refractivity contribution in [1.29, 1.82) is 0 Å². The van der Waals surface area contributed by atoms with Gasteiger partial charge in [-0.05, 0) is 38.3 Å². The van der Waals surface area contributed by atoms with Gasteiger partial charge in [-0.3, -0.25) is 9.89 Å². The van der Waals surface area contributed by atoms with Crippen LogP contribution in [0.3, 0.4) is 0 Å². The third kappa shape index (κ3) is 6.24. The van der Waals surface area contributed by atoms with Gasteiger partial charge >= 0.3 is 0 Å². The van der Waals surface area contributed by atoms with Gasteiger partial charge in [0.25, 0.3) is 0 Å². The predicted molar refractivity (Wildman–Crippen MR) is 117 cm³/mol. The van der Waals surface area contributed by atoms with Crippen LogP contribution in [-0.2, 0) is 4.74 Å². The fourth-order valence-electron chi connectivity index (χ4n) is 4.27. The maximum Gasteiger partial charge on any atom is 0.193 e. The Hall–Kier alpha value is -0.0800. The van der Waals surface area contributed by atoms with Crippen molar-refractivity contribution < 1.29 is 4.74 Å². The van der Waals surface area contributed by atoms with Gasteiger partial charge in [-0.1, -0.05) is 27.7 Å². The lowest BCUT2D eigenvalue weighted by atomic mass is 9.87. The Labute approximate surface area is 172 Å². The van der Waals surface area contributed by atoms with Gasteiger partial charge in [-0.25, -0.2) is 0 Å². The zero-order chi connectivity index (χ0) is 17.6. The highest BCUT2D eigenvalue weighted by Gasteiger charge is 2.42. The van der Waals surface area contributed by atoms with Crippen LogP contribution in [0.5, 0.6) is 0 Å². The van der Waals surface area contributed by atoms with Gasteiger partial charge < -0.3 is 15.0 Å². The van der Waals surface area contributed by atoms with Crippen molar-refractivity contribution in [2.75, 3.05) is 53.0 Å². The molecule has 0 saturated carbocycles. The third-order valence-electron chi connectivity index (χ3n) is 5.70. The summed E-state index contributed by atoms with van der Waals surface area (Å²) in [4.78, 5) is 9.56. The molecule has 0 radical (unpaired) electrons. The monoisotopic (exact) mass is 466 g/mol. The summed E-state index contributed by atoms with van der Waals surface area (Å²) in [6, 6.07) is 0.572. The minimum atomic E-state index is 0. The molecule has 1 spiro atoms. The number of guanidine groups is 1. The second kappa shape index (κ2) is 10.9. The van der Waals surface area contributed by atoms with E-state index < -0.39 is 0 Å². The van der Waals surface area contributed by atoms with Crippen molar-refractivity contribution in [2.45, 2.75) is 53.0 Å². The number of hydrogen-bond donors (Lipinski definition) is 1. The van der Waals surface area contributed by atoms with Crippen molar-refractivity contribution in [3.05, 3.63) is 0 Å². The summed E-state index contributed by atoms with van der Waals surface area (Å²) in [6.07, 6.45) is 3.67. The van der Waals surface area contributed by atoms with Gasteiger partial charge in [-0.2, -0.15) is 0 Å². The lowest BCUT2D eigenvalue weighted by Gasteiger charge is -2.33. The normalized spacial score (nSPS) is 25.1. The van der Waals surface area contributed by atoms with Gasteiger partial charge in [0, 0.05) is 44.7 Å². The Bertz CT molecular complexity index is 406. The highest BCUT2D eigenvalue weighted by atomic mass is 127. The Morgan fingerprint density at radius 3 is 2.52 bits per heavy atom. The number of nitrogens with one attached hydrogen (secondary N) is 1. The quantitative estimate of drug-likeness (QED) is 0.356. The smallest absolute Gasteiger partial charge is 0.193 e. The molecule has 2 fully saturated rings. The molecule has 1 N–H and O–H groups in total. The third-order valence-corrected chi connectivity index (χ3v) is 5.70. The Morgan fingerprint density at radius 2 is 2.00 bits per heavy atom. The van der Waals surface area contributed by atoms with E-state index in [1.54, 1.807) is 0 Å². The van der Waals surface area contributed by atoms with E-state index in [0.29, 0.717) is 17.4 Å². The zero-order valence-electron chi connectivity index (χ0n) is 16.9. The van der Waals surface area contributed by atoms with Gasteiger partial charge in [0.2, 0.25) is 0 Å². The molecule has 2 aliphatic rings. The van der Waals surface area contributed by atoms with Crippen molar-refractivity contribution in [1.82, 2.24) is 15.1 Å². The standard InChI is InChI=1S/C19H38N4O.HI/c1-6-22(7-2)17(12-16(3)4)13-21-18(20-5)23-10-8-19(14-23)9-11-24-15-19;/h16-17H,6-15H2,1-5H3,(H,20,21);1H. The first kappa shape index (κ1) is 23.0. The van der Waals surface area contributed by atoms with Gasteiger partial charge in [0.1, 0.15) is 0 Å². The van der Waals surface area contributed by atoms with Crippen LogP contribution in [0.2, 0.25) is 0 Å². The molecule has 0 aromatic carbocycles. The van der Waals surface area contributed by atoms with Crippen LogP contribution < -0.4 is 5.32 Å². The summed E-state index contributed by atoms with van der Waals surface area (Å²) in [5.41, 5.74) is 0.383. The summed E-state index contributed by atoms with van der Waals surface area (Å²) >= 11 is 0. The number of aliphatic imine (C=N–C) groups is 1. The summed E-state index contributed by atoms with van der Waals surface area (Å²) in [7, 11) is 1.91. The molecule has 2 atom stereocenters. The fourth-order valence-corrected chi connectivity index (χ4v) is 4.27. The van der Waals surface area contributed by atoms with Gasteiger partial charge in [0.05, 0.1) is 6.61 Å². The molecule has 2 unspecified atom stereocenters. The van der Waals surface area contributed by atoms with Crippen molar-refractivity contribution >= 4 is 29.9 Å². The van der Waals surface area contributed by atoms with Gasteiger partial charge in [-0.15, -0.1) is 24.0 Å². The van der Waals surface area contributed by atoms with Gasteiger partial charge in [0.15, 0.2) is 5.96 Å². The Morgan fingerprint density at radius 1 is 1.28 bits per heavy atom. The van der Waals surface area contributed by atoms with E-state index in [-0.39, 0.29) is 24.0 Å². The van der Waals surface area contributed by atoms with Crippen LogP contribution >= 0.6 is 24.0 Å². The number of likely N-dealkylation sites (tertiary alicyclic amines) is 1. The van der Waals surface area contributed by atoms with Crippen LogP contribution in [0.25, 0.3) is 0 Å². The van der Waals surface area contributed by atoms with E-state index in [2.05, 4.69) is 47.8 Å². The second-order valence-corrected chi connectivity index (χ2v) is 7.91. The molecule has 0 aliphatic carbocycles. The lowest BCUT2D eigenvalue weighted by molar-refractivity contribution is 0.156. The molecule has 2 aliphatic heterocycles. The predicted octanol–water partition coefficient (Wildman–Crippen LogP) is 3.05. The van der Waals surface area contributed by atoms with Crippen molar-refractivity contribution in [3.8, 4) is 0 Å². The largest absolute Gasteiger partial charge is 0.381 e. The minimum absolute atomic E-state index is 0. The molecule has 2 saturated heterocycles. The molecule has 2 heterocycles.